The van der Waals surface area contributed by atoms with Gasteiger partial charge in [0.1, 0.15) is 5.58 Å². The van der Waals surface area contributed by atoms with E-state index in [-0.39, 0.29) is 23.5 Å². The molecule has 3 rings (SSSR count). The normalized spacial score (nSPS) is 10.7. The third-order valence-corrected chi connectivity index (χ3v) is 4.82. The molecule has 0 aliphatic carbocycles. The summed E-state index contributed by atoms with van der Waals surface area (Å²) < 4.78 is 27.1. The number of carbonyl (C=O) groups is 1. The van der Waals surface area contributed by atoms with Crippen molar-refractivity contribution in [1.29, 1.82) is 0 Å². The van der Waals surface area contributed by atoms with Gasteiger partial charge < -0.3 is 23.4 Å². The van der Waals surface area contributed by atoms with E-state index in [1.807, 2.05) is 6.92 Å². The van der Waals surface area contributed by atoms with Crippen molar-refractivity contribution in [2.24, 2.45) is 0 Å². The number of halogens is 1. The fourth-order valence-electron chi connectivity index (χ4n) is 2.93. The largest absolute Gasteiger partial charge is 0.493 e. The number of carbonyl (C=O) groups excluding carboxylic acids is 1. The van der Waals surface area contributed by atoms with E-state index in [4.69, 9.17) is 35.0 Å². The molecule has 0 bridgehead atoms. The molecule has 2 aromatic carbocycles. The van der Waals surface area contributed by atoms with Crippen LogP contribution in [0.4, 0.5) is 0 Å². The molecular formula is C22H21ClO7. The lowest BCUT2D eigenvalue weighted by atomic mass is 10.1. The maximum absolute atomic E-state index is 13.2. The monoisotopic (exact) mass is 432 g/mol. The van der Waals surface area contributed by atoms with Crippen LogP contribution in [0.1, 0.15) is 12.5 Å². The van der Waals surface area contributed by atoms with E-state index in [0.29, 0.717) is 27.7 Å². The second kappa shape index (κ2) is 9.09. The van der Waals surface area contributed by atoms with Crippen molar-refractivity contribution in [3.63, 3.8) is 0 Å². The van der Waals surface area contributed by atoms with E-state index in [1.54, 1.807) is 31.2 Å². The van der Waals surface area contributed by atoms with Crippen LogP contribution in [0, 0.1) is 6.92 Å². The number of benzene rings is 2. The summed E-state index contributed by atoms with van der Waals surface area (Å²) in [6, 6.07) is 8.24. The summed E-state index contributed by atoms with van der Waals surface area (Å²) in [4.78, 5) is 25.0. The lowest BCUT2D eigenvalue weighted by Crippen LogP contribution is -2.18. The Bertz CT molecular complexity index is 1150. The fourth-order valence-corrected chi connectivity index (χ4v) is 3.09. The number of rotatable bonds is 7. The number of methoxy groups -OCH3 is 2. The van der Waals surface area contributed by atoms with Gasteiger partial charge in [-0.3, -0.25) is 4.79 Å². The van der Waals surface area contributed by atoms with Crippen molar-refractivity contribution in [3.8, 4) is 28.6 Å². The summed E-state index contributed by atoms with van der Waals surface area (Å²) >= 11 is 6.18. The number of ether oxygens (including phenoxy) is 4. The number of hydrogen-bond acceptors (Lipinski definition) is 7. The highest BCUT2D eigenvalue weighted by molar-refractivity contribution is 6.32. The van der Waals surface area contributed by atoms with Crippen LogP contribution in [0.5, 0.6) is 17.2 Å². The zero-order valence-electron chi connectivity index (χ0n) is 17.0. The number of fused-ring (bicyclic) bond motifs is 1. The molecule has 7 nitrogen and oxygen atoms in total. The Hall–Kier alpha value is -3.19. The Kier molecular flexibility index (Phi) is 6.52. The minimum Gasteiger partial charge on any atom is -0.493 e. The molecule has 1 heterocycles. The lowest BCUT2D eigenvalue weighted by molar-refractivity contribution is -0.145. The molecule has 0 radical (unpaired) electrons. The van der Waals surface area contributed by atoms with Gasteiger partial charge in [-0.1, -0.05) is 11.6 Å². The summed E-state index contributed by atoms with van der Waals surface area (Å²) in [5.41, 5.74) is 1.16. The molecule has 0 aliphatic rings. The minimum absolute atomic E-state index is 0.123. The van der Waals surface area contributed by atoms with Crippen molar-refractivity contribution < 1.29 is 28.2 Å². The molecule has 0 saturated carbocycles. The molecule has 3 aromatic rings. The Labute approximate surface area is 178 Å². The minimum atomic E-state index is -0.600. The predicted molar refractivity (Wildman–Crippen MR) is 113 cm³/mol. The van der Waals surface area contributed by atoms with Gasteiger partial charge in [0, 0.05) is 10.6 Å². The van der Waals surface area contributed by atoms with E-state index in [2.05, 4.69) is 0 Å². The molecule has 158 valence electrons. The summed E-state index contributed by atoms with van der Waals surface area (Å²) in [5, 5.41) is 0.665. The van der Waals surface area contributed by atoms with Crippen molar-refractivity contribution in [2.75, 3.05) is 27.4 Å². The molecule has 0 spiro atoms. The smallest absolute Gasteiger partial charge is 0.344 e. The molecule has 0 fully saturated rings. The third-order valence-electron chi connectivity index (χ3n) is 4.42. The summed E-state index contributed by atoms with van der Waals surface area (Å²) in [6.07, 6.45) is 0. The molecular weight excluding hydrogens is 412 g/mol. The Morgan fingerprint density at radius 2 is 1.83 bits per heavy atom. The van der Waals surface area contributed by atoms with Crippen molar-refractivity contribution >= 4 is 28.5 Å². The molecule has 0 aliphatic heterocycles. The number of hydrogen-bond donors (Lipinski definition) is 0. The van der Waals surface area contributed by atoms with Crippen molar-refractivity contribution in [3.05, 3.63) is 51.1 Å². The Balaban J connectivity index is 2.22. The fraction of sp³-hybridized carbons (Fsp3) is 0.273. The number of esters is 1. The second-order valence-electron chi connectivity index (χ2n) is 6.35. The van der Waals surface area contributed by atoms with Gasteiger partial charge >= 0.3 is 5.97 Å². The first-order chi connectivity index (χ1) is 14.4. The Morgan fingerprint density at radius 3 is 2.50 bits per heavy atom. The second-order valence-corrected chi connectivity index (χ2v) is 6.76. The first-order valence-electron chi connectivity index (χ1n) is 9.17. The SMILES string of the molecule is CCOC(=O)COc1c(-c2ccc(OC)c(OC)c2)oc2cc(C)c(Cl)cc2c1=O. The predicted octanol–water partition coefficient (Wildman–Crippen LogP) is 4.38. The van der Waals surface area contributed by atoms with E-state index < -0.39 is 18.0 Å². The van der Waals surface area contributed by atoms with E-state index in [1.165, 1.54) is 20.3 Å². The van der Waals surface area contributed by atoms with Gasteiger partial charge in [-0.05, 0) is 49.7 Å². The van der Waals surface area contributed by atoms with Gasteiger partial charge in [-0.25, -0.2) is 4.79 Å². The van der Waals surface area contributed by atoms with E-state index in [9.17, 15) is 9.59 Å². The molecule has 0 atom stereocenters. The summed E-state index contributed by atoms with van der Waals surface area (Å²) in [5.74, 6) is 0.391. The van der Waals surface area contributed by atoms with Gasteiger partial charge in [0.25, 0.3) is 0 Å². The number of aryl methyl sites for hydroxylation is 1. The maximum atomic E-state index is 13.2. The third kappa shape index (κ3) is 4.21. The van der Waals surface area contributed by atoms with Crippen LogP contribution in [-0.4, -0.2) is 33.4 Å². The van der Waals surface area contributed by atoms with Crippen LogP contribution in [0.15, 0.2) is 39.5 Å². The molecule has 0 N–H and O–H groups in total. The van der Waals surface area contributed by atoms with Crippen LogP contribution in [0.25, 0.3) is 22.3 Å². The first-order valence-corrected chi connectivity index (χ1v) is 9.55. The average Bonchev–Trinajstić information content (AvgIpc) is 2.74. The van der Waals surface area contributed by atoms with Gasteiger partial charge in [-0.15, -0.1) is 0 Å². The van der Waals surface area contributed by atoms with E-state index >= 15 is 0 Å². The summed E-state index contributed by atoms with van der Waals surface area (Å²) in [7, 11) is 3.02. The molecule has 8 heteroatoms. The van der Waals surface area contributed by atoms with Gasteiger partial charge in [-0.2, -0.15) is 0 Å². The topological polar surface area (TPSA) is 84.2 Å². The van der Waals surface area contributed by atoms with Crippen molar-refractivity contribution in [2.45, 2.75) is 13.8 Å². The Morgan fingerprint density at radius 1 is 1.10 bits per heavy atom. The van der Waals surface area contributed by atoms with E-state index in [0.717, 1.165) is 5.56 Å². The molecule has 0 saturated heterocycles. The zero-order chi connectivity index (χ0) is 21.8. The highest BCUT2D eigenvalue weighted by Crippen LogP contribution is 2.37. The van der Waals surface area contributed by atoms with Crippen LogP contribution in [0.3, 0.4) is 0 Å². The van der Waals surface area contributed by atoms with Gasteiger partial charge in [0.15, 0.2) is 23.9 Å². The summed E-state index contributed by atoms with van der Waals surface area (Å²) in [6.45, 7) is 3.25. The molecule has 30 heavy (non-hydrogen) atoms. The highest BCUT2D eigenvalue weighted by Gasteiger charge is 2.21. The first kappa shape index (κ1) is 21.5. The standard InChI is InChI=1S/C22H21ClO7/c1-5-28-19(24)11-29-22-20(25)14-10-15(23)12(2)8-17(14)30-21(22)13-6-7-16(26-3)18(9-13)27-4/h6-10H,5,11H2,1-4H3. The molecule has 0 amide bonds. The van der Waals surface area contributed by atoms with Crippen molar-refractivity contribution in [1.82, 2.24) is 0 Å². The highest BCUT2D eigenvalue weighted by atomic mass is 35.5. The van der Waals surface area contributed by atoms with Crippen LogP contribution in [-0.2, 0) is 9.53 Å². The lowest BCUT2D eigenvalue weighted by Gasteiger charge is -2.14. The molecule has 0 unspecified atom stereocenters. The average molecular weight is 433 g/mol. The van der Waals surface area contributed by atoms with Crippen LogP contribution in [0.2, 0.25) is 5.02 Å². The maximum Gasteiger partial charge on any atom is 0.344 e. The molecule has 1 aromatic heterocycles. The quantitative estimate of drug-likeness (QED) is 0.512. The van der Waals surface area contributed by atoms with Crippen LogP contribution < -0.4 is 19.6 Å². The van der Waals surface area contributed by atoms with Gasteiger partial charge in [0.2, 0.25) is 11.2 Å². The van der Waals surface area contributed by atoms with Gasteiger partial charge in [0.05, 0.1) is 26.2 Å². The zero-order valence-corrected chi connectivity index (χ0v) is 17.8. The van der Waals surface area contributed by atoms with Crippen LogP contribution >= 0.6 is 11.6 Å².